The second-order valence-electron chi connectivity index (χ2n) is 20.6. The highest BCUT2D eigenvalue weighted by atomic mass is 16.6. The Kier molecular flexibility index (Phi) is 57.2. The number of allylic oxidation sites excluding steroid dienone is 10. The molecule has 0 radical (unpaired) electrons. The van der Waals surface area contributed by atoms with Crippen molar-refractivity contribution in [1.29, 1.82) is 0 Å². The smallest absolute Gasteiger partial charge is 0.306 e. The van der Waals surface area contributed by atoms with Gasteiger partial charge < -0.3 is 14.2 Å². The molecule has 0 aromatic heterocycles. The van der Waals surface area contributed by atoms with Crippen LogP contribution < -0.4 is 0 Å². The normalized spacial score (nSPS) is 12.4. The van der Waals surface area contributed by atoms with Gasteiger partial charge in [-0.05, 0) is 83.5 Å². The molecule has 0 N–H and O–H groups in total. The van der Waals surface area contributed by atoms with Crippen LogP contribution in [0.4, 0.5) is 0 Å². The largest absolute Gasteiger partial charge is 0.462 e. The maximum atomic E-state index is 12.8. The van der Waals surface area contributed by atoms with Crippen molar-refractivity contribution in [3.8, 4) is 0 Å². The van der Waals surface area contributed by atoms with Gasteiger partial charge in [0.25, 0.3) is 0 Å². The second kappa shape index (κ2) is 59.7. The van der Waals surface area contributed by atoms with Crippen LogP contribution in [0.1, 0.15) is 316 Å². The molecule has 0 bridgehead atoms. The number of rotatable bonds is 56. The Bertz CT molecular complexity index is 1280. The van der Waals surface area contributed by atoms with Gasteiger partial charge in [0.1, 0.15) is 13.2 Å². The molecule has 0 spiro atoms. The topological polar surface area (TPSA) is 78.9 Å². The highest BCUT2D eigenvalue weighted by Gasteiger charge is 2.19. The molecule has 0 amide bonds. The van der Waals surface area contributed by atoms with Gasteiger partial charge in [-0.25, -0.2) is 0 Å². The standard InChI is InChI=1S/C65H116O6/c1-4-7-10-13-16-19-21-23-24-25-26-27-28-29-30-31-32-33-34-35-36-37-38-39-40-42-43-46-49-52-55-58-64(67)70-61-62(60-69-63(66)57-54-51-48-45-18-15-12-9-6-3)71-65(68)59-56-53-50-47-44-41-22-20-17-14-11-8-5-2/h11,14,20-23,25-26,28-29,62H,4-10,12-13,15-19,24,27,30-61H2,1-3H3/b14-11-,22-20-,23-21-,26-25-,29-28-. The second-order valence-corrected chi connectivity index (χ2v) is 20.6. The summed E-state index contributed by atoms with van der Waals surface area (Å²) < 4.78 is 16.8. The van der Waals surface area contributed by atoms with E-state index < -0.39 is 6.10 Å². The summed E-state index contributed by atoms with van der Waals surface area (Å²) in [6.45, 7) is 6.56. The van der Waals surface area contributed by atoms with Crippen LogP contribution in [0.25, 0.3) is 0 Å². The molecule has 0 aliphatic heterocycles. The van der Waals surface area contributed by atoms with Gasteiger partial charge in [0.15, 0.2) is 6.10 Å². The fourth-order valence-corrected chi connectivity index (χ4v) is 8.84. The Balaban J connectivity index is 4.06. The van der Waals surface area contributed by atoms with Crippen LogP contribution in [0, 0.1) is 0 Å². The molecule has 0 saturated heterocycles. The molecule has 6 heteroatoms. The minimum absolute atomic E-state index is 0.0766. The number of esters is 3. The SMILES string of the molecule is CCC/C=C\C/C=C\CCCCCCCC(=O)OC(COC(=O)CCCCCCCCCCC)COC(=O)CCCCCCCCCCCCCCCCCC/C=C\C/C=C\C/C=C\CCCCCCC. The molecule has 71 heavy (non-hydrogen) atoms. The van der Waals surface area contributed by atoms with Crippen molar-refractivity contribution in [2.24, 2.45) is 0 Å². The quantitative estimate of drug-likeness (QED) is 0.0261. The summed E-state index contributed by atoms with van der Waals surface area (Å²) in [5.74, 6) is -0.882. The van der Waals surface area contributed by atoms with Crippen molar-refractivity contribution >= 4 is 17.9 Å². The van der Waals surface area contributed by atoms with E-state index in [0.29, 0.717) is 19.3 Å². The number of carbonyl (C=O) groups is 3. The van der Waals surface area contributed by atoms with Crippen LogP contribution in [0.15, 0.2) is 60.8 Å². The van der Waals surface area contributed by atoms with E-state index in [2.05, 4.69) is 81.5 Å². The zero-order valence-electron chi connectivity index (χ0n) is 47.2. The molecular formula is C65H116O6. The van der Waals surface area contributed by atoms with Gasteiger partial charge in [-0.2, -0.15) is 0 Å². The third-order valence-electron chi connectivity index (χ3n) is 13.5. The lowest BCUT2D eigenvalue weighted by Gasteiger charge is -2.18. The van der Waals surface area contributed by atoms with Gasteiger partial charge >= 0.3 is 17.9 Å². The summed E-state index contributed by atoms with van der Waals surface area (Å²) in [7, 11) is 0. The predicted molar refractivity (Wildman–Crippen MR) is 307 cm³/mol. The molecule has 0 heterocycles. The molecule has 412 valence electrons. The van der Waals surface area contributed by atoms with Crippen molar-refractivity contribution in [2.75, 3.05) is 13.2 Å². The lowest BCUT2D eigenvalue weighted by molar-refractivity contribution is -0.167. The number of hydrogen-bond acceptors (Lipinski definition) is 6. The summed E-state index contributed by atoms with van der Waals surface area (Å²) >= 11 is 0. The molecule has 0 aromatic rings. The van der Waals surface area contributed by atoms with E-state index in [1.54, 1.807) is 0 Å². The van der Waals surface area contributed by atoms with E-state index in [-0.39, 0.29) is 31.1 Å². The molecule has 1 atom stereocenters. The van der Waals surface area contributed by atoms with Gasteiger partial charge in [0.2, 0.25) is 0 Å². The maximum Gasteiger partial charge on any atom is 0.306 e. The molecule has 1 unspecified atom stereocenters. The third kappa shape index (κ3) is 57.9. The van der Waals surface area contributed by atoms with Crippen LogP contribution in [0.2, 0.25) is 0 Å². The fraction of sp³-hybridized carbons (Fsp3) is 0.800. The Hall–Kier alpha value is -2.89. The average Bonchev–Trinajstić information content (AvgIpc) is 3.37. The number of hydrogen-bond donors (Lipinski definition) is 0. The Labute approximate surface area is 440 Å². The average molecular weight is 994 g/mol. The van der Waals surface area contributed by atoms with Gasteiger partial charge in [-0.15, -0.1) is 0 Å². The minimum Gasteiger partial charge on any atom is -0.462 e. The number of carbonyl (C=O) groups excluding carboxylic acids is 3. The summed E-state index contributed by atoms with van der Waals surface area (Å²) in [6.07, 6.45) is 75.3. The van der Waals surface area contributed by atoms with Gasteiger partial charge in [-0.1, -0.05) is 274 Å². The highest BCUT2D eigenvalue weighted by molar-refractivity contribution is 5.71. The van der Waals surface area contributed by atoms with Crippen LogP contribution in [-0.4, -0.2) is 37.2 Å². The van der Waals surface area contributed by atoms with E-state index in [0.717, 1.165) is 103 Å². The van der Waals surface area contributed by atoms with Gasteiger partial charge in [0.05, 0.1) is 0 Å². The van der Waals surface area contributed by atoms with Gasteiger partial charge in [0, 0.05) is 19.3 Å². The molecule has 0 rings (SSSR count). The number of unbranched alkanes of at least 4 members (excludes halogenated alkanes) is 35. The summed E-state index contributed by atoms with van der Waals surface area (Å²) in [5.41, 5.74) is 0. The van der Waals surface area contributed by atoms with Crippen LogP contribution >= 0.6 is 0 Å². The zero-order chi connectivity index (χ0) is 51.4. The lowest BCUT2D eigenvalue weighted by Crippen LogP contribution is -2.30. The molecule has 0 saturated carbocycles. The monoisotopic (exact) mass is 993 g/mol. The molecule has 0 aliphatic rings. The van der Waals surface area contributed by atoms with Crippen molar-refractivity contribution in [3.05, 3.63) is 60.8 Å². The molecule has 0 fully saturated rings. The first kappa shape index (κ1) is 68.1. The Morgan fingerprint density at radius 3 is 0.845 bits per heavy atom. The molecule has 6 nitrogen and oxygen atoms in total. The first-order valence-corrected chi connectivity index (χ1v) is 30.8. The van der Waals surface area contributed by atoms with E-state index in [9.17, 15) is 14.4 Å². The lowest BCUT2D eigenvalue weighted by atomic mass is 10.0. The van der Waals surface area contributed by atoms with E-state index in [4.69, 9.17) is 14.2 Å². The van der Waals surface area contributed by atoms with Gasteiger partial charge in [-0.3, -0.25) is 14.4 Å². The van der Waals surface area contributed by atoms with E-state index in [1.165, 1.54) is 173 Å². The Morgan fingerprint density at radius 2 is 0.535 bits per heavy atom. The molecule has 0 aromatic carbocycles. The summed E-state index contributed by atoms with van der Waals surface area (Å²) in [6, 6.07) is 0. The minimum atomic E-state index is -0.777. The van der Waals surface area contributed by atoms with Crippen molar-refractivity contribution in [3.63, 3.8) is 0 Å². The summed E-state index contributed by atoms with van der Waals surface area (Å²) in [4.78, 5) is 38.0. The van der Waals surface area contributed by atoms with Crippen LogP contribution in [0.3, 0.4) is 0 Å². The predicted octanol–water partition coefficient (Wildman–Crippen LogP) is 20.8. The van der Waals surface area contributed by atoms with Crippen LogP contribution in [-0.2, 0) is 28.6 Å². The summed E-state index contributed by atoms with van der Waals surface area (Å²) in [5, 5.41) is 0. The van der Waals surface area contributed by atoms with Crippen LogP contribution in [0.5, 0.6) is 0 Å². The zero-order valence-corrected chi connectivity index (χ0v) is 47.2. The first-order valence-electron chi connectivity index (χ1n) is 30.8. The third-order valence-corrected chi connectivity index (χ3v) is 13.5. The molecular weight excluding hydrogens is 877 g/mol. The van der Waals surface area contributed by atoms with Crippen molar-refractivity contribution in [2.45, 2.75) is 322 Å². The van der Waals surface area contributed by atoms with Crippen molar-refractivity contribution < 1.29 is 28.6 Å². The molecule has 0 aliphatic carbocycles. The van der Waals surface area contributed by atoms with Crippen molar-refractivity contribution in [1.82, 2.24) is 0 Å². The highest BCUT2D eigenvalue weighted by Crippen LogP contribution is 2.17. The van der Waals surface area contributed by atoms with E-state index >= 15 is 0 Å². The number of ether oxygens (including phenoxy) is 3. The maximum absolute atomic E-state index is 12.8. The van der Waals surface area contributed by atoms with E-state index in [1.807, 2.05) is 0 Å². The first-order chi connectivity index (χ1) is 35.0. The Morgan fingerprint density at radius 1 is 0.282 bits per heavy atom. The fourth-order valence-electron chi connectivity index (χ4n) is 8.84.